The molecule has 8 heteroatoms. The molecule has 0 bridgehead atoms. The number of nitrogens with zero attached hydrogens (tertiary/aromatic N) is 1. The van der Waals surface area contributed by atoms with Crippen LogP contribution in [0.1, 0.15) is 34.1 Å². The quantitative estimate of drug-likeness (QED) is 0.109. The van der Waals surface area contributed by atoms with Gasteiger partial charge in [0.2, 0.25) is 0 Å². The van der Waals surface area contributed by atoms with Gasteiger partial charge < -0.3 is 15.0 Å². The summed E-state index contributed by atoms with van der Waals surface area (Å²) in [5, 5.41) is 10.4. The lowest BCUT2D eigenvalue weighted by molar-refractivity contribution is -0.652. The second kappa shape index (κ2) is 21.3. The van der Waals surface area contributed by atoms with Crippen LogP contribution in [0.15, 0.2) is 12.3 Å². The van der Waals surface area contributed by atoms with E-state index >= 15 is 0 Å². The fourth-order valence-electron chi connectivity index (χ4n) is 0.586. The van der Waals surface area contributed by atoms with Gasteiger partial charge in [0, 0.05) is 19.3 Å². The molecule has 8 nitrogen and oxygen atoms in total. The number of hydrogen-bond acceptors (Lipinski definition) is 5. The molecule has 0 radical (unpaired) electrons. The summed E-state index contributed by atoms with van der Waals surface area (Å²) in [6, 6.07) is 0. The Labute approximate surface area is 115 Å². The molecule has 0 aliphatic carbocycles. The zero-order valence-corrected chi connectivity index (χ0v) is 11.3. The fraction of sp³-hybridized carbons (Fsp3) is 0.636. The third-order valence-electron chi connectivity index (χ3n) is 1.70. The van der Waals surface area contributed by atoms with Crippen LogP contribution in [0.5, 0.6) is 0 Å². The molecule has 116 valence electrons. The fourth-order valence-corrected chi connectivity index (χ4v) is 0.586. The third-order valence-corrected chi connectivity index (χ3v) is 1.70. The van der Waals surface area contributed by atoms with Crippen LogP contribution in [0.4, 0.5) is 0 Å². The van der Waals surface area contributed by atoms with Crippen LogP contribution >= 0.6 is 0 Å². The summed E-state index contributed by atoms with van der Waals surface area (Å²) >= 11 is 0. The molecule has 0 saturated carbocycles. The van der Waals surface area contributed by atoms with Gasteiger partial charge in [0.25, 0.3) is 6.47 Å². The van der Waals surface area contributed by atoms with Crippen LogP contribution in [0.2, 0.25) is 0 Å². The summed E-state index contributed by atoms with van der Waals surface area (Å²) in [5.41, 5.74) is 10.7. The highest BCUT2D eigenvalue weighted by Crippen LogP contribution is 1.98. The van der Waals surface area contributed by atoms with Gasteiger partial charge in [0.15, 0.2) is 0 Å². The van der Waals surface area contributed by atoms with Crippen molar-refractivity contribution in [1.29, 1.82) is 0 Å². The summed E-state index contributed by atoms with van der Waals surface area (Å²) in [4.78, 5) is 13.4. The number of carbonyl (C=O) groups is 1. The number of rotatable bonds is 5. The number of hydrogen-bond donors (Lipinski definition) is 4. The number of hydrazone groups is 1. The lowest BCUT2D eigenvalue weighted by Gasteiger charge is -2.17. The van der Waals surface area contributed by atoms with Crippen molar-refractivity contribution in [2.75, 3.05) is 13.6 Å². The van der Waals surface area contributed by atoms with Crippen LogP contribution in [-0.4, -0.2) is 30.9 Å². The van der Waals surface area contributed by atoms with Crippen molar-refractivity contribution >= 4 is 12.4 Å². The molecule has 0 amide bonds. The minimum absolute atomic E-state index is 0. The molecule has 0 spiro atoms. The van der Waals surface area contributed by atoms with E-state index in [1.807, 2.05) is 12.0 Å². The Balaban J connectivity index is -0.0000000964. The number of nitrogens with two attached hydrogens (primary N) is 3. The van der Waals surface area contributed by atoms with E-state index in [-0.39, 0.29) is 19.9 Å². The molecule has 0 aliphatic heterocycles. The normalized spacial score (nSPS) is 7.16. The highest BCUT2D eigenvalue weighted by molar-refractivity contribution is 5.68. The number of allylic oxidation sites excluding steroid dienone is 1. The summed E-state index contributed by atoms with van der Waals surface area (Å²) < 4.78 is 0. The molecular weight excluding hydrogens is 250 g/mol. The molecule has 19 heavy (non-hydrogen) atoms. The lowest BCUT2D eigenvalue weighted by atomic mass is 10.3. The van der Waals surface area contributed by atoms with E-state index in [4.69, 9.17) is 21.5 Å². The van der Waals surface area contributed by atoms with Gasteiger partial charge in [-0.15, -0.1) is 0 Å². The minimum atomic E-state index is -0.181. The molecule has 7 N–H and O–H groups in total. The Kier molecular flexibility index (Phi) is 29.0. The lowest BCUT2D eigenvalue weighted by Crippen LogP contribution is -2.84. The van der Waals surface area contributed by atoms with Crippen LogP contribution in [0.3, 0.4) is 0 Å². The van der Waals surface area contributed by atoms with Crippen molar-refractivity contribution in [3.8, 4) is 0 Å². The van der Waals surface area contributed by atoms with Gasteiger partial charge >= 0.3 is 5.96 Å². The Morgan fingerprint density at radius 2 is 1.89 bits per heavy atom. The largest absolute Gasteiger partial charge is 0.662 e. The van der Waals surface area contributed by atoms with Crippen molar-refractivity contribution in [2.45, 2.75) is 34.1 Å². The maximum atomic E-state index is 8.64. The maximum Gasteiger partial charge on any atom is 0.360 e. The molecule has 0 saturated heterocycles. The van der Waals surface area contributed by atoms with E-state index in [1.54, 1.807) is 0 Å². The highest BCUT2D eigenvalue weighted by atomic mass is 17.1. The Hall–Kier alpha value is -1.96. The number of hydrazine groups is 1. The van der Waals surface area contributed by atoms with E-state index < -0.39 is 0 Å². The average molecular weight is 279 g/mol. The van der Waals surface area contributed by atoms with Crippen molar-refractivity contribution in [1.82, 2.24) is 4.90 Å². The highest BCUT2D eigenvalue weighted by Gasteiger charge is 1.92. The van der Waals surface area contributed by atoms with Crippen LogP contribution in [0.25, 0.3) is 0 Å². The molecule has 0 unspecified atom stereocenters. The van der Waals surface area contributed by atoms with E-state index in [2.05, 4.69) is 36.2 Å². The molecule has 0 aliphatic rings. The van der Waals surface area contributed by atoms with Gasteiger partial charge in [-0.05, 0) is 13.3 Å². The number of nitrogens with one attached hydrogen (secondary N) is 1. The maximum absolute atomic E-state index is 8.64. The SMILES string of the molecule is C.C=C(C)N(C)CCCC.N[NH+]=C(N)N.O=CO[O-]. The third kappa shape index (κ3) is 38.7. The van der Waals surface area contributed by atoms with Gasteiger partial charge in [0.05, 0.1) is 0 Å². The van der Waals surface area contributed by atoms with Crippen molar-refractivity contribution in [2.24, 2.45) is 17.3 Å². The second-order valence-electron chi connectivity index (χ2n) is 3.30. The summed E-state index contributed by atoms with van der Waals surface area (Å²) in [5.74, 6) is 4.67. The minimum Gasteiger partial charge on any atom is -0.662 e. The zero-order valence-electron chi connectivity index (χ0n) is 11.3. The van der Waals surface area contributed by atoms with Crippen molar-refractivity contribution in [3.63, 3.8) is 0 Å². The molecule has 0 rings (SSSR count). The number of carbonyl (C=O) groups excluding carboxylic acids is 1. The number of guanidine groups is 1. The van der Waals surface area contributed by atoms with E-state index in [9.17, 15) is 0 Å². The van der Waals surface area contributed by atoms with E-state index in [0.717, 1.165) is 12.2 Å². The van der Waals surface area contributed by atoms with E-state index in [1.165, 1.54) is 12.8 Å². The summed E-state index contributed by atoms with van der Waals surface area (Å²) in [6.07, 6.45) is 2.53. The first-order valence-electron chi connectivity index (χ1n) is 5.30. The molecular formula is C11H29N5O3. The second-order valence-corrected chi connectivity index (χ2v) is 3.30. The smallest absolute Gasteiger partial charge is 0.360 e. The summed E-state index contributed by atoms with van der Waals surface area (Å²) in [7, 11) is 2.08. The van der Waals surface area contributed by atoms with Crippen LogP contribution < -0.4 is 27.7 Å². The molecule has 0 fully saturated rings. The van der Waals surface area contributed by atoms with Crippen molar-refractivity contribution in [3.05, 3.63) is 12.3 Å². The predicted octanol–water partition coefficient (Wildman–Crippen LogP) is -2.46. The first-order valence-corrected chi connectivity index (χ1v) is 5.30. The van der Waals surface area contributed by atoms with Gasteiger partial charge in [-0.25, -0.2) is 0 Å². The van der Waals surface area contributed by atoms with Gasteiger partial charge in [-0.3, -0.25) is 22.1 Å². The number of unbranched alkanes of at least 4 members (excludes halogenated alkanes) is 1. The Bertz CT molecular complexity index is 230. The van der Waals surface area contributed by atoms with Gasteiger partial charge in [0.1, 0.15) is 0 Å². The standard InChI is InChI=1S/C8H17N.CH6N4.CH2O3.CH4/c1-5-6-7-9(4)8(2)3;2-1(3)5-4;2-1-4-3;/h2,5-7H2,1,3-4H3;4H2,(H4,2,3,5);1,3H;1H4. The van der Waals surface area contributed by atoms with Crippen LogP contribution in [-0.2, 0) is 9.68 Å². The topological polar surface area (TPSA) is 145 Å². The average Bonchev–Trinajstić information content (AvgIpc) is 2.36. The van der Waals surface area contributed by atoms with Crippen molar-refractivity contribution < 1.29 is 20.0 Å². The molecule has 0 aromatic rings. The first-order chi connectivity index (χ1) is 8.37. The van der Waals surface area contributed by atoms with Gasteiger partial charge in [-0.2, -0.15) is 5.10 Å². The first kappa shape index (κ1) is 25.8. The molecule has 0 heterocycles. The van der Waals surface area contributed by atoms with Crippen LogP contribution in [0, 0.1) is 0 Å². The Morgan fingerprint density at radius 3 is 2.05 bits per heavy atom. The monoisotopic (exact) mass is 279 g/mol. The summed E-state index contributed by atoms with van der Waals surface area (Å²) in [6.45, 7) is 9.04. The molecule has 0 aromatic carbocycles. The Morgan fingerprint density at radius 1 is 1.53 bits per heavy atom. The predicted molar refractivity (Wildman–Crippen MR) is 74.8 cm³/mol. The molecule has 0 atom stereocenters. The van der Waals surface area contributed by atoms with E-state index in [0.29, 0.717) is 0 Å². The van der Waals surface area contributed by atoms with Gasteiger partial charge in [-0.1, -0.05) is 27.4 Å². The molecule has 0 aromatic heterocycles. The zero-order chi connectivity index (χ0) is 15.0.